The van der Waals surface area contributed by atoms with Crippen LogP contribution in [0.1, 0.15) is 10.4 Å². The van der Waals surface area contributed by atoms with Gasteiger partial charge in [0.15, 0.2) is 0 Å². The molecule has 1 aromatic heterocycles. The molecule has 2 aromatic rings. The number of hydrogen-bond acceptors (Lipinski definition) is 5. The van der Waals surface area contributed by atoms with E-state index in [4.69, 9.17) is 16.3 Å². The van der Waals surface area contributed by atoms with Crippen LogP contribution >= 0.6 is 11.6 Å². The zero-order chi connectivity index (χ0) is 15.4. The minimum Gasteiger partial charge on any atom is -0.497 e. The average molecular weight is 308 g/mol. The maximum Gasteiger partial charge on any atom is 0.288 e. The fraction of sp³-hybridized carbons (Fsp3) is 0.0769. The van der Waals surface area contributed by atoms with Gasteiger partial charge in [0, 0.05) is 11.8 Å². The van der Waals surface area contributed by atoms with Gasteiger partial charge in [-0.3, -0.25) is 14.9 Å². The van der Waals surface area contributed by atoms with E-state index >= 15 is 0 Å². The van der Waals surface area contributed by atoms with Crippen molar-refractivity contribution >= 4 is 28.9 Å². The van der Waals surface area contributed by atoms with Gasteiger partial charge in [-0.05, 0) is 24.3 Å². The second kappa shape index (κ2) is 6.19. The van der Waals surface area contributed by atoms with Crippen molar-refractivity contribution in [1.82, 2.24) is 4.98 Å². The number of benzene rings is 1. The molecular weight excluding hydrogens is 298 g/mol. The number of pyridine rings is 1. The monoisotopic (exact) mass is 307 g/mol. The van der Waals surface area contributed by atoms with E-state index < -0.39 is 10.8 Å². The highest BCUT2D eigenvalue weighted by atomic mass is 35.5. The van der Waals surface area contributed by atoms with Crippen LogP contribution in [-0.4, -0.2) is 22.9 Å². The maximum absolute atomic E-state index is 12.1. The van der Waals surface area contributed by atoms with Gasteiger partial charge in [0.1, 0.15) is 17.1 Å². The zero-order valence-electron chi connectivity index (χ0n) is 10.9. The lowest BCUT2D eigenvalue weighted by molar-refractivity contribution is -0.385. The van der Waals surface area contributed by atoms with Crippen molar-refractivity contribution in [3.8, 4) is 5.75 Å². The molecule has 0 saturated heterocycles. The number of amides is 1. The van der Waals surface area contributed by atoms with Crippen LogP contribution < -0.4 is 10.1 Å². The van der Waals surface area contributed by atoms with Gasteiger partial charge in [-0.15, -0.1) is 0 Å². The fourth-order valence-corrected chi connectivity index (χ4v) is 1.76. The first kappa shape index (κ1) is 14.7. The average Bonchev–Trinajstić information content (AvgIpc) is 2.48. The molecule has 0 atom stereocenters. The van der Waals surface area contributed by atoms with Gasteiger partial charge in [0.2, 0.25) is 0 Å². The van der Waals surface area contributed by atoms with Gasteiger partial charge in [0.05, 0.1) is 17.6 Å². The summed E-state index contributed by atoms with van der Waals surface area (Å²) in [4.78, 5) is 25.8. The Morgan fingerprint density at radius 1 is 1.38 bits per heavy atom. The van der Waals surface area contributed by atoms with Crippen molar-refractivity contribution in [3.05, 3.63) is 57.4 Å². The molecule has 2 rings (SSSR count). The topological polar surface area (TPSA) is 94.4 Å². The van der Waals surface area contributed by atoms with Gasteiger partial charge < -0.3 is 10.1 Å². The summed E-state index contributed by atoms with van der Waals surface area (Å²) in [5.74, 6) is 0.0596. The molecule has 1 heterocycles. The summed E-state index contributed by atoms with van der Waals surface area (Å²) in [5.41, 5.74) is 0.129. The van der Waals surface area contributed by atoms with Crippen molar-refractivity contribution in [2.45, 2.75) is 0 Å². The van der Waals surface area contributed by atoms with Crippen LogP contribution in [0.25, 0.3) is 0 Å². The van der Waals surface area contributed by atoms with Gasteiger partial charge in [-0.2, -0.15) is 0 Å². The third-order valence-electron chi connectivity index (χ3n) is 2.63. The molecule has 8 heteroatoms. The largest absolute Gasteiger partial charge is 0.497 e. The predicted molar refractivity (Wildman–Crippen MR) is 76.8 cm³/mol. The summed E-state index contributed by atoms with van der Waals surface area (Å²) in [6, 6.07) is 7.69. The molecule has 21 heavy (non-hydrogen) atoms. The number of nitrogens with one attached hydrogen (secondary N) is 1. The highest BCUT2D eigenvalue weighted by Gasteiger charge is 2.17. The van der Waals surface area contributed by atoms with E-state index in [0.717, 1.165) is 12.3 Å². The molecule has 0 bridgehead atoms. The molecule has 1 amide bonds. The molecular formula is C13H10ClN3O4. The van der Waals surface area contributed by atoms with Crippen LogP contribution in [0.5, 0.6) is 5.75 Å². The van der Waals surface area contributed by atoms with Gasteiger partial charge in [0.25, 0.3) is 11.6 Å². The number of aromatic nitrogens is 1. The maximum atomic E-state index is 12.1. The fourth-order valence-electron chi connectivity index (χ4n) is 1.57. The SMILES string of the molecule is COc1ccc(NC(=O)c2cc([N+](=O)[O-])cnc2Cl)cc1. The number of carbonyl (C=O) groups excluding carboxylic acids is 1. The number of ether oxygens (including phenoxy) is 1. The minimum atomic E-state index is -0.645. The van der Waals surface area contributed by atoms with Gasteiger partial charge in [-0.25, -0.2) is 4.98 Å². The first-order valence-corrected chi connectivity index (χ1v) is 6.14. The molecule has 0 fully saturated rings. The Morgan fingerprint density at radius 3 is 2.62 bits per heavy atom. The molecule has 0 saturated carbocycles. The quantitative estimate of drug-likeness (QED) is 0.532. The van der Waals surface area contributed by atoms with Crippen LogP contribution in [0.2, 0.25) is 5.15 Å². The van der Waals surface area contributed by atoms with Crippen LogP contribution in [-0.2, 0) is 0 Å². The molecule has 1 aromatic carbocycles. The summed E-state index contributed by atoms with van der Waals surface area (Å²) in [7, 11) is 1.53. The van der Waals surface area contributed by atoms with E-state index in [-0.39, 0.29) is 16.4 Å². The van der Waals surface area contributed by atoms with Crippen LogP contribution in [0, 0.1) is 10.1 Å². The molecule has 108 valence electrons. The number of halogens is 1. The van der Waals surface area contributed by atoms with E-state index in [1.807, 2.05) is 0 Å². The number of methoxy groups -OCH3 is 1. The second-order valence-corrected chi connectivity index (χ2v) is 4.33. The molecule has 0 aliphatic carbocycles. The first-order chi connectivity index (χ1) is 10.0. The van der Waals surface area contributed by atoms with Crippen molar-refractivity contribution in [2.24, 2.45) is 0 Å². The highest BCUT2D eigenvalue weighted by molar-refractivity contribution is 6.33. The summed E-state index contributed by atoms with van der Waals surface area (Å²) >= 11 is 5.80. The van der Waals surface area contributed by atoms with Crippen molar-refractivity contribution in [1.29, 1.82) is 0 Å². The number of hydrogen-bond donors (Lipinski definition) is 1. The highest BCUT2D eigenvalue weighted by Crippen LogP contribution is 2.21. The normalized spacial score (nSPS) is 10.0. The number of nitrogens with zero attached hydrogens (tertiary/aromatic N) is 2. The van der Waals surface area contributed by atoms with E-state index in [1.54, 1.807) is 24.3 Å². The van der Waals surface area contributed by atoms with Crippen LogP contribution in [0.15, 0.2) is 36.5 Å². The van der Waals surface area contributed by atoms with Crippen molar-refractivity contribution in [2.75, 3.05) is 12.4 Å². The Labute approximate surface area is 124 Å². The summed E-state index contributed by atoms with van der Waals surface area (Å²) in [6.45, 7) is 0. The second-order valence-electron chi connectivity index (χ2n) is 3.97. The molecule has 0 aliphatic rings. The first-order valence-electron chi connectivity index (χ1n) is 5.76. The number of rotatable bonds is 4. The molecule has 0 unspecified atom stereocenters. The lowest BCUT2D eigenvalue weighted by atomic mass is 10.2. The van der Waals surface area contributed by atoms with E-state index in [9.17, 15) is 14.9 Å². The minimum absolute atomic E-state index is 0.0679. The Kier molecular flexibility index (Phi) is 4.34. The van der Waals surface area contributed by atoms with Gasteiger partial charge >= 0.3 is 0 Å². The van der Waals surface area contributed by atoms with Crippen LogP contribution in [0.4, 0.5) is 11.4 Å². The molecule has 0 spiro atoms. The third-order valence-corrected chi connectivity index (χ3v) is 2.93. The molecule has 7 nitrogen and oxygen atoms in total. The summed E-state index contributed by atoms with van der Waals surface area (Å²) < 4.78 is 5.00. The van der Waals surface area contributed by atoms with Crippen molar-refractivity contribution < 1.29 is 14.5 Å². The van der Waals surface area contributed by atoms with Crippen molar-refractivity contribution in [3.63, 3.8) is 0 Å². The van der Waals surface area contributed by atoms with Gasteiger partial charge in [-0.1, -0.05) is 11.6 Å². The molecule has 0 aliphatic heterocycles. The van der Waals surface area contributed by atoms with E-state index in [2.05, 4.69) is 10.3 Å². The summed E-state index contributed by atoms with van der Waals surface area (Å²) in [5, 5.41) is 13.2. The predicted octanol–water partition coefficient (Wildman–Crippen LogP) is 2.90. The standard InChI is InChI=1S/C13H10ClN3O4/c1-21-10-4-2-8(3-5-10)16-13(18)11-6-9(17(19)20)7-15-12(11)14/h2-7H,1H3,(H,16,18). The smallest absolute Gasteiger partial charge is 0.288 e. The number of anilines is 1. The lowest BCUT2D eigenvalue weighted by Crippen LogP contribution is -2.13. The van der Waals surface area contributed by atoms with Crippen LogP contribution in [0.3, 0.4) is 0 Å². The molecule has 1 N–H and O–H groups in total. The lowest BCUT2D eigenvalue weighted by Gasteiger charge is -2.07. The Hall–Kier alpha value is -2.67. The Bertz CT molecular complexity index is 688. The van der Waals surface area contributed by atoms with E-state index in [1.165, 1.54) is 7.11 Å². The number of carbonyl (C=O) groups is 1. The Morgan fingerprint density at radius 2 is 2.05 bits per heavy atom. The third kappa shape index (κ3) is 3.46. The summed E-state index contributed by atoms with van der Waals surface area (Å²) in [6.07, 6.45) is 0.993. The van der Waals surface area contributed by atoms with E-state index in [0.29, 0.717) is 11.4 Å². The Balaban J connectivity index is 2.23. The number of nitro groups is 1. The zero-order valence-corrected chi connectivity index (χ0v) is 11.6. The molecule has 0 radical (unpaired) electrons.